The molecule has 0 amide bonds. The van der Waals surface area contributed by atoms with Crippen LogP contribution in [0.15, 0.2) is 12.3 Å². The SMILES string of the molecule is CCCn1ccc(CCN)n1. The Morgan fingerprint density at radius 2 is 2.45 bits per heavy atom. The minimum atomic E-state index is 0.684. The van der Waals surface area contributed by atoms with Crippen molar-refractivity contribution in [2.24, 2.45) is 5.73 Å². The van der Waals surface area contributed by atoms with Crippen LogP contribution in [-0.4, -0.2) is 16.3 Å². The Labute approximate surface area is 67.2 Å². The highest BCUT2D eigenvalue weighted by atomic mass is 15.3. The molecule has 3 nitrogen and oxygen atoms in total. The second kappa shape index (κ2) is 4.13. The summed E-state index contributed by atoms with van der Waals surface area (Å²) in [5.41, 5.74) is 6.49. The first-order chi connectivity index (χ1) is 5.36. The molecule has 62 valence electrons. The predicted octanol–water partition coefficient (Wildman–Crippen LogP) is 0.794. The Kier molecular flexibility index (Phi) is 3.11. The Bertz CT molecular complexity index is 184. The van der Waals surface area contributed by atoms with Crippen molar-refractivity contribution in [2.45, 2.75) is 26.3 Å². The fraction of sp³-hybridized carbons (Fsp3) is 0.625. The first-order valence-electron chi connectivity index (χ1n) is 4.09. The van der Waals surface area contributed by atoms with Gasteiger partial charge in [0, 0.05) is 19.2 Å². The van der Waals surface area contributed by atoms with Gasteiger partial charge >= 0.3 is 0 Å². The normalized spacial score (nSPS) is 10.4. The van der Waals surface area contributed by atoms with Crippen molar-refractivity contribution in [3.63, 3.8) is 0 Å². The average Bonchev–Trinajstić information content (AvgIpc) is 2.38. The van der Waals surface area contributed by atoms with Crippen LogP contribution in [0.5, 0.6) is 0 Å². The minimum Gasteiger partial charge on any atom is -0.330 e. The van der Waals surface area contributed by atoms with Gasteiger partial charge in [-0.15, -0.1) is 0 Å². The molecule has 2 N–H and O–H groups in total. The minimum absolute atomic E-state index is 0.684. The molecule has 1 aromatic heterocycles. The van der Waals surface area contributed by atoms with Gasteiger partial charge < -0.3 is 5.73 Å². The molecule has 0 aromatic carbocycles. The van der Waals surface area contributed by atoms with Crippen LogP contribution in [0.4, 0.5) is 0 Å². The summed E-state index contributed by atoms with van der Waals surface area (Å²) < 4.78 is 1.96. The molecule has 1 rings (SSSR count). The Hall–Kier alpha value is -0.830. The van der Waals surface area contributed by atoms with Gasteiger partial charge in [-0.05, 0) is 19.0 Å². The fourth-order valence-corrected chi connectivity index (χ4v) is 1.04. The van der Waals surface area contributed by atoms with Crippen molar-refractivity contribution in [3.05, 3.63) is 18.0 Å². The zero-order valence-corrected chi connectivity index (χ0v) is 6.95. The molecule has 1 heterocycles. The van der Waals surface area contributed by atoms with Gasteiger partial charge in [0.15, 0.2) is 0 Å². The van der Waals surface area contributed by atoms with Crippen LogP contribution in [0.1, 0.15) is 19.0 Å². The summed E-state index contributed by atoms with van der Waals surface area (Å²) in [6, 6.07) is 2.03. The Balaban J connectivity index is 2.51. The quantitative estimate of drug-likeness (QED) is 0.695. The third-order valence-corrected chi connectivity index (χ3v) is 1.55. The van der Waals surface area contributed by atoms with Crippen molar-refractivity contribution in [1.29, 1.82) is 0 Å². The molecule has 0 spiro atoms. The summed E-state index contributed by atoms with van der Waals surface area (Å²) in [5.74, 6) is 0. The number of aryl methyl sites for hydroxylation is 1. The van der Waals surface area contributed by atoms with Gasteiger partial charge in [-0.1, -0.05) is 6.92 Å². The van der Waals surface area contributed by atoms with E-state index in [1.807, 2.05) is 16.9 Å². The summed E-state index contributed by atoms with van der Waals surface area (Å²) in [4.78, 5) is 0. The molecule has 0 aliphatic heterocycles. The van der Waals surface area contributed by atoms with Gasteiger partial charge in [0.25, 0.3) is 0 Å². The standard InChI is InChI=1S/C8H15N3/c1-2-6-11-7-4-8(10-11)3-5-9/h4,7H,2-3,5-6,9H2,1H3. The lowest BCUT2D eigenvalue weighted by Crippen LogP contribution is -2.04. The van der Waals surface area contributed by atoms with E-state index in [0.29, 0.717) is 6.54 Å². The fourth-order valence-electron chi connectivity index (χ4n) is 1.04. The van der Waals surface area contributed by atoms with Crippen LogP contribution in [0.3, 0.4) is 0 Å². The molecular weight excluding hydrogens is 138 g/mol. The van der Waals surface area contributed by atoms with E-state index in [1.165, 1.54) is 0 Å². The van der Waals surface area contributed by atoms with E-state index in [1.54, 1.807) is 0 Å². The summed E-state index contributed by atoms with van der Waals surface area (Å²) >= 11 is 0. The van der Waals surface area contributed by atoms with Crippen LogP contribution >= 0.6 is 0 Å². The lowest BCUT2D eigenvalue weighted by Gasteiger charge is -1.95. The maximum absolute atomic E-state index is 5.39. The van der Waals surface area contributed by atoms with Gasteiger partial charge in [-0.3, -0.25) is 4.68 Å². The van der Waals surface area contributed by atoms with Crippen molar-refractivity contribution < 1.29 is 0 Å². The predicted molar refractivity (Wildman–Crippen MR) is 45.3 cm³/mol. The van der Waals surface area contributed by atoms with E-state index in [4.69, 9.17) is 5.73 Å². The summed E-state index contributed by atoms with van der Waals surface area (Å²) in [6.45, 7) is 3.83. The molecule has 0 saturated carbocycles. The molecule has 0 radical (unpaired) electrons. The van der Waals surface area contributed by atoms with E-state index in [-0.39, 0.29) is 0 Å². The first kappa shape index (κ1) is 8.27. The van der Waals surface area contributed by atoms with E-state index < -0.39 is 0 Å². The lowest BCUT2D eigenvalue weighted by atomic mass is 10.3. The van der Waals surface area contributed by atoms with Crippen molar-refractivity contribution in [2.75, 3.05) is 6.54 Å². The second-order valence-electron chi connectivity index (χ2n) is 2.61. The summed E-state index contributed by atoms with van der Waals surface area (Å²) in [7, 11) is 0. The van der Waals surface area contributed by atoms with Crippen LogP contribution in [0.25, 0.3) is 0 Å². The third-order valence-electron chi connectivity index (χ3n) is 1.55. The second-order valence-corrected chi connectivity index (χ2v) is 2.61. The molecule has 0 saturated heterocycles. The Morgan fingerprint density at radius 3 is 3.09 bits per heavy atom. The van der Waals surface area contributed by atoms with Crippen LogP contribution in [-0.2, 0) is 13.0 Å². The monoisotopic (exact) mass is 153 g/mol. The molecule has 3 heteroatoms. The highest BCUT2D eigenvalue weighted by molar-refractivity contribution is 4.99. The summed E-state index contributed by atoms with van der Waals surface area (Å²) in [6.07, 6.45) is 4.02. The number of rotatable bonds is 4. The smallest absolute Gasteiger partial charge is 0.0637 e. The van der Waals surface area contributed by atoms with Crippen molar-refractivity contribution in [3.8, 4) is 0 Å². The maximum atomic E-state index is 5.39. The van der Waals surface area contributed by atoms with Gasteiger partial charge in [0.2, 0.25) is 0 Å². The van der Waals surface area contributed by atoms with E-state index >= 15 is 0 Å². The maximum Gasteiger partial charge on any atom is 0.0637 e. The highest BCUT2D eigenvalue weighted by Gasteiger charge is 1.95. The average molecular weight is 153 g/mol. The van der Waals surface area contributed by atoms with Gasteiger partial charge in [0.05, 0.1) is 5.69 Å². The lowest BCUT2D eigenvalue weighted by molar-refractivity contribution is 0.594. The van der Waals surface area contributed by atoms with Gasteiger partial charge in [0.1, 0.15) is 0 Å². The first-order valence-corrected chi connectivity index (χ1v) is 4.09. The van der Waals surface area contributed by atoms with Crippen molar-refractivity contribution >= 4 is 0 Å². The largest absolute Gasteiger partial charge is 0.330 e. The van der Waals surface area contributed by atoms with Crippen LogP contribution in [0, 0.1) is 0 Å². The molecule has 0 unspecified atom stereocenters. The number of aromatic nitrogens is 2. The molecule has 1 aromatic rings. The number of nitrogens with zero attached hydrogens (tertiary/aromatic N) is 2. The van der Waals surface area contributed by atoms with Crippen LogP contribution in [0.2, 0.25) is 0 Å². The molecule has 0 bridgehead atoms. The highest BCUT2D eigenvalue weighted by Crippen LogP contribution is 1.96. The van der Waals surface area contributed by atoms with Gasteiger partial charge in [-0.25, -0.2) is 0 Å². The number of hydrogen-bond acceptors (Lipinski definition) is 2. The number of hydrogen-bond donors (Lipinski definition) is 1. The zero-order chi connectivity index (χ0) is 8.10. The van der Waals surface area contributed by atoms with Gasteiger partial charge in [-0.2, -0.15) is 5.10 Å². The van der Waals surface area contributed by atoms with E-state index in [0.717, 1.165) is 25.1 Å². The Morgan fingerprint density at radius 1 is 1.64 bits per heavy atom. The topological polar surface area (TPSA) is 43.8 Å². The summed E-state index contributed by atoms with van der Waals surface area (Å²) in [5, 5.41) is 4.33. The third kappa shape index (κ3) is 2.35. The molecule has 11 heavy (non-hydrogen) atoms. The number of nitrogens with two attached hydrogens (primary N) is 1. The molecule has 0 aliphatic carbocycles. The molecular formula is C8H15N3. The van der Waals surface area contributed by atoms with E-state index in [2.05, 4.69) is 12.0 Å². The van der Waals surface area contributed by atoms with Crippen molar-refractivity contribution in [1.82, 2.24) is 9.78 Å². The molecule has 0 aliphatic rings. The van der Waals surface area contributed by atoms with E-state index in [9.17, 15) is 0 Å². The molecule has 0 atom stereocenters. The molecule has 0 fully saturated rings. The van der Waals surface area contributed by atoms with Crippen LogP contribution < -0.4 is 5.73 Å². The zero-order valence-electron chi connectivity index (χ0n) is 6.95.